The van der Waals surface area contributed by atoms with Gasteiger partial charge in [0.15, 0.2) is 5.76 Å². The number of benzene rings is 1. The molecule has 0 aliphatic rings. The van der Waals surface area contributed by atoms with Crippen molar-refractivity contribution in [3.8, 4) is 0 Å². The number of hydrogen-bond acceptors (Lipinski definition) is 4. The van der Waals surface area contributed by atoms with Crippen LogP contribution in [0.5, 0.6) is 0 Å². The predicted molar refractivity (Wildman–Crippen MR) is 98.1 cm³/mol. The first-order valence-corrected chi connectivity index (χ1v) is 9.25. The normalized spacial score (nSPS) is 11.8. The molecule has 2 amide bonds. The summed E-state index contributed by atoms with van der Waals surface area (Å²) in [6.07, 6.45) is 3.82. The van der Waals surface area contributed by atoms with Gasteiger partial charge in [0.05, 0.1) is 16.3 Å². The van der Waals surface area contributed by atoms with Crippen LogP contribution < -0.4 is 10.6 Å². The molecule has 0 saturated carbocycles. The first-order valence-electron chi connectivity index (χ1n) is 7.10. The largest absolute Gasteiger partial charge is 0.459 e. The molecule has 1 aromatic carbocycles. The maximum Gasteiger partial charge on any atom is 0.287 e. The second kappa shape index (κ2) is 9.01. The van der Waals surface area contributed by atoms with Gasteiger partial charge in [0, 0.05) is 5.69 Å². The fourth-order valence-electron chi connectivity index (χ4n) is 1.94. The van der Waals surface area contributed by atoms with Crippen LogP contribution in [-0.2, 0) is 4.79 Å². The van der Waals surface area contributed by atoms with Gasteiger partial charge in [0.25, 0.3) is 5.91 Å². The average Bonchev–Trinajstić information content (AvgIpc) is 3.09. The summed E-state index contributed by atoms with van der Waals surface area (Å²) in [5.41, 5.74) is 0.510. The molecule has 1 heterocycles. The Morgan fingerprint density at radius 1 is 1.25 bits per heavy atom. The third-order valence-corrected chi connectivity index (χ3v) is 4.55. The Balaban J connectivity index is 2.06. The SMILES string of the molecule is CSCCC(NC(=O)c1ccco1)C(=O)Nc1ccc(Cl)c(Cl)c1. The maximum atomic E-state index is 12.5. The van der Waals surface area contributed by atoms with Crippen LogP contribution >= 0.6 is 35.0 Å². The molecule has 5 nitrogen and oxygen atoms in total. The lowest BCUT2D eigenvalue weighted by atomic mass is 10.2. The van der Waals surface area contributed by atoms with E-state index in [4.69, 9.17) is 27.6 Å². The number of nitrogens with one attached hydrogen (secondary N) is 2. The van der Waals surface area contributed by atoms with E-state index in [1.807, 2.05) is 6.26 Å². The van der Waals surface area contributed by atoms with Gasteiger partial charge >= 0.3 is 0 Å². The van der Waals surface area contributed by atoms with Crippen molar-refractivity contribution >= 4 is 52.5 Å². The highest BCUT2D eigenvalue weighted by molar-refractivity contribution is 7.98. The summed E-state index contributed by atoms with van der Waals surface area (Å²) in [6.45, 7) is 0. The van der Waals surface area contributed by atoms with Gasteiger partial charge in [-0.1, -0.05) is 23.2 Å². The summed E-state index contributed by atoms with van der Waals surface area (Å²) in [7, 11) is 0. The smallest absolute Gasteiger partial charge is 0.287 e. The van der Waals surface area contributed by atoms with E-state index in [2.05, 4.69) is 10.6 Å². The molecule has 24 heavy (non-hydrogen) atoms. The van der Waals surface area contributed by atoms with Gasteiger partial charge in [-0.25, -0.2) is 0 Å². The molecule has 8 heteroatoms. The quantitative estimate of drug-likeness (QED) is 0.751. The van der Waals surface area contributed by atoms with Crippen molar-refractivity contribution in [2.75, 3.05) is 17.3 Å². The van der Waals surface area contributed by atoms with Crippen molar-refractivity contribution in [2.45, 2.75) is 12.5 Å². The molecule has 1 atom stereocenters. The molecule has 0 aliphatic carbocycles. The molecule has 0 saturated heterocycles. The lowest BCUT2D eigenvalue weighted by molar-refractivity contribution is -0.118. The molecule has 0 fully saturated rings. The first-order chi connectivity index (χ1) is 11.5. The first kappa shape index (κ1) is 18.7. The lowest BCUT2D eigenvalue weighted by Gasteiger charge is -2.17. The van der Waals surface area contributed by atoms with Gasteiger partial charge in [-0.2, -0.15) is 11.8 Å². The molecule has 128 valence electrons. The van der Waals surface area contributed by atoms with Crippen LogP contribution in [0.1, 0.15) is 17.0 Å². The Morgan fingerprint density at radius 3 is 2.67 bits per heavy atom. The van der Waals surface area contributed by atoms with Crippen LogP contribution in [0.3, 0.4) is 0 Å². The van der Waals surface area contributed by atoms with Crippen LogP contribution in [0.15, 0.2) is 41.0 Å². The highest BCUT2D eigenvalue weighted by atomic mass is 35.5. The van der Waals surface area contributed by atoms with Gasteiger partial charge in [-0.3, -0.25) is 9.59 Å². The third kappa shape index (κ3) is 5.19. The van der Waals surface area contributed by atoms with Crippen LogP contribution in [0.2, 0.25) is 10.0 Å². The Morgan fingerprint density at radius 2 is 2.04 bits per heavy atom. The van der Waals surface area contributed by atoms with Gasteiger partial charge < -0.3 is 15.1 Å². The lowest BCUT2D eigenvalue weighted by Crippen LogP contribution is -2.44. The molecular formula is C16H16Cl2N2O3S. The van der Waals surface area contributed by atoms with E-state index in [0.717, 1.165) is 5.75 Å². The Bertz CT molecular complexity index is 707. The molecular weight excluding hydrogens is 371 g/mol. The second-order valence-electron chi connectivity index (χ2n) is 4.90. The summed E-state index contributed by atoms with van der Waals surface area (Å²) < 4.78 is 5.05. The van der Waals surface area contributed by atoms with Crippen molar-refractivity contribution in [3.05, 3.63) is 52.4 Å². The number of furan rings is 1. The van der Waals surface area contributed by atoms with Crippen molar-refractivity contribution < 1.29 is 14.0 Å². The van der Waals surface area contributed by atoms with Crippen LogP contribution in [0, 0.1) is 0 Å². The highest BCUT2D eigenvalue weighted by Crippen LogP contribution is 2.25. The van der Waals surface area contributed by atoms with E-state index in [9.17, 15) is 9.59 Å². The summed E-state index contributed by atoms with van der Waals surface area (Å²) in [4.78, 5) is 24.6. The van der Waals surface area contributed by atoms with Gasteiger partial charge in [0.2, 0.25) is 5.91 Å². The number of amides is 2. The number of halogens is 2. The van der Waals surface area contributed by atoms with Crippen LogP contribution in [0.4, 0.5) is 5.69 Å². The highest BCUT2D eigenvalue weighted by Gasteiger charge is 2.22. The molecule has 0 bridgehead atoms. The number of rotatable bonds is 7. The van der Waals surface area contributed by atoms with Gasteiger partial charge in [-0.05, 0) is 48.8 Å². The zero-order valence-electron chi connectivity index (χ0n) is 12.8. The number of carbonyl (C=O) groups excluding carboxylic acids is 2. The third-order valence-electron chi connectivity index (χ3n) is 3.16. The Kier molecular flexibility index (Phi) is 7.02. The Labute approximate surface area is 154 Å². The fraction of sp³-hybridized carbons (Fsp3) is 0.250. The van der Waals surface area contributed by atoms with E-state index in [-0.39, 0.29) is 11.7 Å². The molecule has 2 rings (SSSR count). The minimum Gasteiger partial charge on any atom is -0.459 e. The zero-order chi connectivity index (χ0) is 17.5. The average molecular weight is 387 g/mol. The van der Waals surface area contributed by atoms with E-state index >= 15 is 0 Å². The molecule has 1 aromatic heterocycles. The number of hydrogen-bond donors (Lipinski definition) is 2. The zero-order valence-corrected chi connectivity index (χ0v) is 15.2. The Hall–Kier alpha value is -1.63. The number of carbonyl (C=O) groups is 2. The monoisotopic (exact) mass is 386 g/mol. The van der Waals surface area contributed by atoms with E-state index in [1.54, 1.807) is 36.0 Å². The van der Waals surface area contributed by atoms with Crippen molar-refractivity contribution in [2.24, 2.45) is 0 Å². The molecule has 2 N–H and O–H groups in total. The number of thioether (sulfide) groups is 1. The van der Waals surface area contributed by atoms with Crippen LogP contribution in [-0.4, -0.2) is 29.9 Å². The number of anilines is 1. The minimum atomic E-state index is -0.690. The molecule has 2 aromatic rings. The molecule has 1 unspecified atom stereocenters. The summed E-state index contributed by atoms with van der Waals surface area (Å²) >= 11 is 13.4. The topological polar surface area (TPSA) is 71.3 Å². The van der Waals surface area contributed by atoms with Crippen molar-refractivity contribution in [1.82, 2.24) is 5.32 Å². The van der Waals surface area contributed by atoms with Crippen molar-refractivity contribution in [1.29, 1.82) is 0 Å². The molecule has 0 spiro atoms. The predicted octanol–water partition coefficient (Wildman–Crippen LogP) is 4.08. The summed E-state index contributed by atoms with van der Waals surface area (Å²) in [5.74, 6) is 0.113. The van der Waals surface area contributed by atoms with Gasteiger partial charge in [0.1, 0.15) is 6.04 Å². The standard InChI is InChI=1S/C16H16Cl2N2O3S/c1-24-8-6-13(20-16(22)14-3-2-7-23-14)15(21)19-10-4-5-11(17)12(18)9-10/h2-5,7,9,13H,6,8H2,1H3,(H,19,21)(H,20,22). The van der Waals surface area contributed by atoms with Crippen molar-refractivity contribution in [3.63, 3.8) is 0 Å². The van der Waals surface area contributed by atoms with Gasteiger partial charge in [-0.15, -0.1) is 0 Å². The fourth-order valence-corrected chi connectivity index (χ4v) is 2.71. The minimum absolute atomic E-state index is 0.159. The summed E-state index contributed by atoms with van der Waals surface area (Å²) in [5, 5.41) is 6.16. The second-order valence-corrected chi connectivity index (χ2v) is 6.70. The molecule has 0 radical (unpaired) electrons. The van der Waals surface area contributed by atoms with E-state index in [0.29, 0.717) is 22.2 Å². The van der Waals surface area contributed by atoms with Crippen LogP contribution in [0.25, 0.3) is 0 Å². The maximum absolute atomic E-state index is 12.5. The van der Waals surface area contributed by atoms with E-state index < -0.39 is 11.9 Å². The molecule has 0 aliphatic heterocycles. The van der Waals surface area contributed by atoms with E-state index in [1.165, 1.54) is 12.3 Å². The summed E-state index contributed by atoms with van der Waals surface area (Å²) in [6, 6.07) is 7.26.